The Labute approximate surface area is 185 Å². The van der Waals surface area contributed by atoms with Crippen molar-refractivity contribution in [3.63, 3.8) is 0 Å². The van der Waals surface area contributed by atoms with E-state index in [1.165, 1.54) is 11.1 Å². The van der Waals surface area contributed by atoms with Gasteiger partial charge in [-0.1, -0.05) is 45.0 Å². The second-order valence-electron chi connectivity index (χ2n) is 7.66. The second-order valence-corrected chi connectivity index (χ2v) is 7.66. The summed E-state index contributed by atoms with van der Waals surface area (Å²) < 4.78 is 2.10. The molecule has 1 aliphatic carbocycles. The number of nitrogens with one attached hydrogen (secondary N) is 2. The van der Waals surface area contributed by atoms with Crippen molar-refractivity contribution in [1.29, 1.82) is 0 Å². The maximum Gasteiger partial charge on any atom is 0.191 e. The summed E-state index contributed by atoms with van der Waals surface area (Å²) >= 11 is 0. The van der Waals surface area contributed by atoms with E-state index in [-0.39, 0.29) is 24.0 Å². The van der Waals surface area contributed by atoms with E-state index < -0.39 is 0 Å². The molecule has 1 atom stereocenters. The summed E-state index contributed by atoms with van der Waals surface area (Å²) in [7, 11) is 0. The Morgan fingerprint density at radius 3 is 2.82 bits per heavy atom. The first-order chi connectivity index (χ1) is 13.2. The molecule has 0 amide bonds. The SMILES string of the molecule is CCc1nncn1CCNC(=NCC(C)C)NC1CCc2ccccc2C1.I. The zero-order valence-corrected chi connectivity index (χ0v) is 19.5. The maximum atomic E-state index is 4.79. The number of rotatable bonds is 7. The van der Waals surface area contributed by atoms with Crippen LogP contribution in [0.1, 0.15) is 44.1 Å². The Hall–Kier alpha value is -1.64. The molecule has 1 aromatic carbocycles. The molecular weight excluding hydrogens is 463 g/mol. The lowest BCUT2D eigenvalue weighted by atomic mass is 9.88. The van der Waals surface area contributed by atoms with Gasteiger partial charge < -0.3 is 15.2 Å². The van der Waals surface area contributed by atoms with Crippen molar-refractivity contribution in [3.05, 3.63) is 47.5 Å². The van der Waals surface area contributed by atoms with Crippen molar-refractivity contribution in [2.75, 3.05) is 13.1 Å². The van der Waals surface area contributed by atoms with E-state index >= 15 is 0 Å². The summed E-state index contributed by atoms with van der Waals surface area (Å²) in [5.41, 5.74) is 2.95. The molecule has 1 heterocycles. The zero-order valence-electron chi connectivity index (χ0n) is 17.2. The molecule has 1 aromatic heterocycles. The molecule has 154 valence electrons. The van der Waals surface area contributed by atoms with E-state index in [9.17, 15) is 0 Å². The molecule has 0 saturated carbocycles. The highest BCUT2D eigenvalue weighted by atomic mass is 127. The van der Waals surface area contributed by atoms with Crippen LogP contribution < -0.4 is 10.6 Å². The van der Waals surface area contributed by atoms with Crippen LogP contribution in [0.15, 0.2) is 35.6 Å². The van der Waals surface area contributed by atoms with Crippen molar-refractivity contribution in [1.82, 2.24) is 25.4 Å². The average Bonchev–Trinajstić information content (AvgIpc) is 3.13. The number of aromatic nitrogens is 3. The topological polar surface area (TPSA) is 67.1 Å². The van der Waals surface area contributed by atoms with Crippen LogP contribution >= 0.6 is 24.0 Å². The molecule has 0 aliphatic heterocycles. The highest BCUT2D eigenvalue weighted by Gasteiger charge is 2.19. The van der Waals surface area contributed by atoms with E-state index in [4.69, 9.17) is 4.99 Å². The number of hydrogen-bond acceptors (Lipinski definition) is 3. The van der Waals surface area contributed by atoms with Crippen molar-refractivity contribution in [2.45, 2.75) is 59.0 Å². The van der Waals surface area contributed by atoms with Crippen molar-refractivity contribution >= 4 is 29.9 Å². The molecule has 6 nitrogen and oxygen atoms in total. The fraction of sp³-hybridized carbons (Fsp3) is 0.571. The van der Waals surface area contributed by atoms with Gasteiger partial charge in [-0.05, 0) is 36.3 Å². The highest BCUT2D eigenvalue weighted by molar-refractivity contribution is 14.0. The lowest BCUT2D eigenvalue weighted by molar-refractivity contribution is 0.515. The summed E-state index contributed by atoms with van der Waals surface area (Å²) in [4.78, 5) is 4.79. The number of nitrogens with zero attached hydrogens (tertiary/aromatic N) is 4. The number of aliphatic imine (C=N–C) groups is 1. The van der Waals surface area contributed by atoms with Gasteiger partial charge >= 0.3 is 0 Å². The minimum Gasteiger partial charge on any atom is -0.355 e. The molecule has 0 bridgehead atoms. The van der Waals surface area contributed by atoms with Crippen LogP contribution in [-0.4, -0.2) is 39.9 Å². The van der Waals surface area contributed by atoms with Gasteiger partial charge in [-0.3, -0.25) is 4.99 Å². The van der Waals surface area contributed by atoms with Gasteiger partial charge in [0.05, 0.1) is 0 Å². The summed E-state index contributed by atoms with van der Waals surface area (Å²) in [6.45, 7) is 8.97. The molecule has 0 radical (unpaired) electrons. The van der Waals surface area contributed by atoms with E-state index in [1.54, 1.807) is 6.33 Å². The molecule has 2 aromatic rings. The summed E-state index contributed by atoms with van der Waals surface area (Å²) in [6, 6.07) is 9.21. The lowest BCUT2D eigenvalue weighted by Gasteiger charge is -2.27. The zero-order chi connectivity index (χ0) is 19.1. The van der Waals surface area contributed by atoms with Gasteiger partial charge in [-0.25, -0.2) is 0 Å². The van der Waals surface area contributed by atoms with Crippen molar-refractivity contribution in [3.8, 4) is 0 Å². The quantitative estimate of drug-likeness (QED) is 0.351. The van der Waals surface area contributed by atoms with E-state index in [1.807, 2.05) is 0 Å². The number of benzene rings is 1. The van der Waals surface area contributed by atoms with Gasteiger partial charge in [0, 0.05) is 32.1 Å². The Morgan fingerprint density at radius 2 is 2.07 bits per heavy atom. The Kier molecular flexibility index (Phi) is 9.21. The Morgan fingerprint density at radius 1 is 1.29 bits per heavy atom. The van der Waals surface area contributed by atoms with Crippen molar-refractivity contribution in [2.24, 2.45) is 10.9 Å². The molecule has 28 heavy (non-hydrogen) atoms. The number of halogens is 1. The fourth-order valence-corrected chi connectivity index (χ4v) is 3.47. The minimum absolute atomic E-state index is 0. The molecule has 0 fully saturated rings. The van der Waals surface area contributed by atoms with Crippen LogP contribution in [-0.2, 0) is 25.8 Å². The number of guanidine groups is 1. The summed E-state index contributed by atoms with van der Waals surface area (Å²) in [6.07, 6.45) is 6.03. The van der Waals surface area contributed by atoms with Gasteiger partial charge in [0.25, 0.3) is 0 Å². The molecule has 2 N–H and O–H groups in total. The molecule has 0 spiro atoms. The molecule has 0 saturated heterocycles. The second kappa shape index (κ2) is 11.4. The van der Waals surface area contributed by atoms with E-state index in [2.05, 4.69) is 70.4 Å². The van der Waals surface area contributed by atoms with Gasteiger partial charge in [0.15, 0.2) is 5.96 Å². The van der Waals surface area contributed by atoms with Gasteiger partial charge in [0.2, 0.25) is 0 Å². The molecule has 1 unspecified atom stereocenters. The van der Waals surface area contributed by atoms with Crippen LogP contribution in [0.4, 0.5) is 0 Å². The summed E-state index contributed by atoms with van der Waals surface area (Å²) in [5.74, 6) is 2.48. The molecule has 1 aliphatic rings. The molecular formula is C21H33IN6. The molecule has 3 rings (SSSR count). The maximum absolute atomic E-state index is 4.79. The van der Waals surface area contributed by atoms with Crippen LogP contribution in [0.2, 0.25) is 0 Å². The predicted molar refractivity (Wildman–Crippen MR) is 125 cm³/mol. The van der Waals surface area contributed by atoms with Crippen LogP contribution in [0.3, 0.4) is 0 Å². The third-order valence-electron chi connectivity index (χ3n) is 4.96. The first-order valence-electron chi connectivity index (χ1n) is 10.1. The Bertz CT molecular complexity index is 755. The molecule has 7 heteroatoms. The smallest absolute Gasteiger partial charge is 0.191 e. The van der Waals surface area contributed by atoms with Gasteiger partial charge in [-0.15, -0.1) is 34.2 Å². The first kappa shape index (κ1) is 22.6. The van der Waals surface area contributed by atoms with E-state index in [0.717, 1.165) is 57.1 Å². The fourth-order valence-electron chi connectivity index (χ4n) is 3.47. The number of fused-ring (bicyclic) bond motifs is 1. The third-order valence-corrected chi connectivity index (χ3v) is 4.96. The standard InChI is InChI=1S/C21H32N6.HI/c1-4-20-26-24-15-27(20)12-11-22-21(23-14-16(2)3)25-19-10-9-17-7-5-6-8-18(17)13-19;/h5-8,15-16,19H,4,9-14H2,1-3H3,(H2,22,23,25);1H. The largest absolute Gasteiger partial charge is 0.355 e. The highest BCUT2D eigenvalue weighted by Crippen LogP contribution is 2.20. The normalized spacial score (nSPS) is 16.4. The van der Waals surface area contributed by atoms with Gasteiger partial charge in [0.1, 0.15) is 12.2 Å². The van der Waals surface area contributed by atoms with Gasteiger partial charge in [-0.2, -0.15) is 0 Å². The third kappa shape index (κ3) is 6.46. The van der Waals surface area contributed by atoms with Crippen LogP contribution in [0, 0.1) is 5.92 Å². The predicted octanol–water partition coefficient (Wildman–Crippen LogP) is 3.21. The monoisotopic (exact) mass is 496 g/mol. The van der Waals surface area contributed by atoms with Crippen molar-refractivity contribution < 1.29 is 0 Å². The number of aryl methyl sites for hydroxylation is 2. The van der Waals surface area contributed by atoms with Crippen LogP contribution in [0.25, 0.3) is 0 Å². The first-order valence-corrected chi connectivity index (χ1v) is 10.1. The van der Waals surface area contributed by atoms with E-state index in [0.29, 0.717) is 12.0 Å². The number of hydrogen-bond donors (Lipinski definition) is 2. The Balaban J connectivity index is 0.00000280. The summed E-state index contributed by atoms with van der Waals surface area (Å²) in [5, 5.41) is 15.3. The average molecular weight is 496 g/mol. The van der Waals surface area contributed by atoms with Crippen LogP contribution in [0.5, 0.6) is 0 Å². The lowest BCUT2D eigenvalue weighted by Crippen LogP contribution is -2.46. The minimum atomic E-state index is 0.